The van der Waals surface area contributed by atoms with Crippen LogP contribution in [-0.4, -0.2) is 54.0 Å². The zero-order chi connectivity index (χ0) is 14.5. The second-order valence-electron chi connectivity index (χ2n) is 4.54. The summed E-state index contributed by atoms with van der Waals surface area (Å²) in [5.41, 5.74) is 0.583. The minimum atomic E-state index is -0.169. The minimum Gasteiger partial charge on any atom is -0.373 e. The number of aromatic nitrogens is 1. The van der Waals surface area contributed by atoms with Gasteiger partial charge in [-0.05, 0) is 22.0 Å². The van der Waals surface area contributed by atoms with Crippen molar-refractivity contribution in [2.45, 2.75) is 13.0 Å². The molecule has 1 atom stereocenters. The van der Waals surface area contributed by atoms with E-state index in [2.05, 4.69) is 26.2 Å². The van der Waals surface area contributed by atoms with Gasteiger partial charge in [-0.15, -0.1) is 0 Å². The maximum absolute atomic E-state index is 12.4. The number of amides is 2. The Morgan fingerprint density at radius 3 is 3.10 bits per heavy atom. The van der Waals surface area contributed by atoms with Gasteiger partial charge in [-0.1, -0.05) is 0 Å². The fourth-order valence-electron chi connectivity index (χ4n) is 2.00. The SMILES string of the molecule is CC(=O)NCC1CN(C(=O)c2ccncc2Br)CCO1. The quantitative estimate of drug-likeness (QED) is 0.883. The van der Waals surface area contributed by atoms with E-state index in [1.54, 1.807) is 23.4 Å². The van der Waals surface area contributed by atoms with Gasteiger partial charge in [-0.3, -0.25) is 14.6 Å². The lowest BCUT2D eigenvalue weighted by Gasteiger charge is -2.33. The number of hydrogen-bond donors (Lipinski definition) is 1. The first-order valence-corrected chi connectivity index (χ1v) is 7.12. The first kappa shape index (κ1) is 14.9. The molecule has 7 heteroatoms. The average molecular weight is 342 g/mol. The molecule has 1 N–H and O–H groups in total. The summed E-state index contributed by atoms with van der Waals surface area (Å²) in [6.07, 6.45) is 3.02. The fourth-order valence-corrected chi connectivity index (χ4v) is 2.42. The van der Waals surface area contributed by atoms with E-state index in [4.69, 9.17) is 4.74 Å². The van der Waals surface area contributed by atoms with Crippen molar-refractivity contribution in [2.24, 2.45) is 0 Å². The van der Waals surface area contributed by atoms with Crippen molar-refractivity contribution in [3.63, 3.8) is 0 Å². The molecule has 1 aromatic rings. The molecule has 0 bridgehead atoms. The van der Waals surface area contributed by atoms with Crippen LogP contribution in [-0.2, 0) is 9.53 Å². The molecule has 2 rings (SSSR count). The van der Waals surface area contributed by atoms with Crippen LogP contribution in [0.4, 0.5) is 0 Å². The number of pyridine rings is 1. The molecule has 1 aliphatic heterocycles. The van der Waals surface area contributed by atoms with Gasteiger partial charge >= 0.3 is 0 Å². The van der Waals surface area contributed by atoms with Crippen molar-refractivity contribution in [2.75, 3.05) is 26.2 Å². The van der Waals surface area contributed by atoms with E-state index in [0.717, 1.165) is 0 Å². The number of halogens is 1. The van der Waals surface area contributed by atoms with Crippen molar-refractivity contribution in [1.82, 2.24) is 15.2 Å². The zero-order valence-electron chi connectivity index (χ0n) is 11.1. The maximum Gasteiger partial charge on any atom is 0.255 e. The number of carbonyl (C=O) groups excluding carboxylic acids is 2. The number of nitrogens with zero attached hydrogens (tertiary/aromatic N) is 2. The Morgan fingerprint density at radius 2 is 2.40 bits per heavy atom. The van der Waals surface area contributed by atoms with Crippen LogP contribution < -0.4 is 5.32 Å². The topological polar surface area (TPSA) is 71.5 Å². The van der Waals surface area contributed by atoms with Gasteiger partial charge in [-0.2, -0.15) is 0 Å². The molecule has 6 nitrogen and oxygen atoms in total. The van der Waals surface area contributed by atoms with Crippen LogP contribution in [0.15, 0.2) is 22.9 Å². The van der Waals surface area contributed by atoms with E-state index in [-0.39, 0.29) is 17.9 Å². The number of morpholine rings is 1. The predicted octanol–water partition coefficient (Wildman–Crippen LogP) is 0.821. The maximum atomic E-state index is 12.4. The molecule has 0 aromatic carbocycles. The summed E-state index contributed by atoms with van der Waals surface area (Å²) in [7, 11) is 0. The Balaban J connectivity index is 2.00. The molecule has 1 unspecified atom stereocenters. The lowest BCUT2D eigenvalue weighted by atomic mass is 10.2. The van der Waals surface area contributed by atoms with E-state index < -0.39 is 0 Å². The van der Waals surface area contributed by atoms with Gasteiger partial charge < -0.3 is 15.0 Å². The number of nitrogens with one attached hydrogen (secondary N) is 1. The molecule has 0 aliphatic carbocycles. The molecule has 0 saturated carbocycles. The second-order valence-corrected chi connectivity index (χ2v) is 5.39. The standard InChI is InChI=1S/C13H16BrN3O3/c1-9(18)16-6-10-8-17(4-5-20-10)13(19)11-2-3-15-7-12(11)14/h2-3,7,10H,4-6,8H2,1H3,(H,16,18). The smallest absolute Gasteiger partial charge is 0.255 e. The normalized spacial score (nSPS) is 18.7. The van der Waals surface area contributed by atoms with Crippen molar-refractivity contribution in [3.8, 4) is 0 Å². The number of ether oxygens (including phenoxy) is 1. The van der Waals surface area contributed by atoms with Crippen LogP contribution >= 0.6 is 15.9 Å². The largest absolute Gasteiger partial charge is 0.373 e. The monoisotopic (exact) mass is 341 g/mol. The Hall–Kier alpha value is -1.47. The van der Waals surface area contributed by atoms with Gasteiger partial charge in [0.2, 0.25) is 5.91 Å². The molecule has 20 heavy (non-hydrogen) atoms. The molecular weight excluding hydrogens is 326 g/mol. The third-order valence-corrected chi connectivity index (χ3v) is 3.64. The number of rotatable bonds is 3. The van der Waals surface area contributed by atoms with Crippen molar-refractivity contribution in [3.05, 3.63) is 28.5 Å². The molecule has 0 spiro atoms. The van der Waals surface area contributed by atoms with Crippen LogP contribution in [0.25, 0.3) is 0 Å². The Kier molecular flexibility index (Phi) is 5.08. The lowest BCUT2D eigenvalue weighted by molar-refractivity contribution is -0.120. The third kappa shape index (κ3) is 3.77. The first-order chi connectivity index (χ1) is 9.58. The molecule has 1 aromatic heterocycles. The van der Waals surface area contributed by atoms with E-state index in [9.17, 15) is 9.59 Å². The molecule has 1 saturated heterocycles. The summed E-state index contributed by atoms with van der Waals surface area (Å²) in [6.45, 7) is 3.35. The number of hydrogen-bond acceptors (Lipinski definition) is 4. The molecule has 108 valence electrons. The van der Waals surface area contributed by atoms with Crippen LogP contribution in [0.3, 0.4) is 0 Å². The summed E-state index contributed by atoms with van der Waals surface area (Å²) in [4.78, 5) is 29.0. The van der Waals surface area contributed by atoms with Crippen molar-refractivity contribution >= 4 is 27.7 Å². The second kappa shape index (κ2) is 6.81. The van der Waals surface area contributed by atoms with Crippen molar-refractivity contribution < 1.29 is 14.3 Å². The van der Waals surface area contributed by atoms with Crippen LogP contribution in [0.1, 0.15) is 17.3 Å². The highest BCUT2D eigenvalue weighted by Crippen LogP contribution is 2.18. The van der Waals surface area contributed by atoms with Gasteiger partial charge in [0.05, 0.1) is 18.3 Å². The van der Waals surface area contributed by atoms with Crippen molar-refractivity contribution in [1.29, 1.82) is 0 Å². The molecule has 0 radical (unpaired) electrons. The van der Waals surface area contributed by atoms with Gasteiger partial charge in [-0.25, -0.2) is 0 Å². The Labute approximate surface area is 125 Å². The fraction of sp³-hybridized carbons (Fsp3) is 0.462. The minimum absolute atomic E-state index is 0.0598. The summed E-state index contributed by atoms with van der Waals surface area (Å²) in [6, 6.07) is 1.69. The molecule has 1 aliphatic rings. The summed E-state index contributed by atoms with van der Waals surface area (Å²) >= 11 is 3.33. The van der Waals surface area contributed by atoms with Crippen LogP contribution in [0.5, 0.6) is 0 Å². The molecular formula is C13H16BrN3O3. The van der Waals surface area contributed by atoms with E-state index in [1.165, 1.54) is 6.92 Å². The highest BCUT2D eigenvalue weighted by molar-refractivity contribution is 9.10. The Morgan fingerprint density at radius 1 is 1.60 bits per heavy atom. The predicted molar refractivity (Wildman–Crippen MR) is 76.3 cm³/mol. The Bertz CT molecular complexity index is 509. The third-order valence-electron chi connectivity index (χ3n) is 3.01. The number of carbonyl (C=O) groups is 2. The molecule has 2 heterocycles. The van der Waals surface area contributed by atoms with Crippen LogP contribution in [0.2, 0.25) is 0 Å². The van der Waals surface area contributed by atoms with Gasteiger partial charge in [0.15, 0.2) is 0 Å². The molecule has 1 fully saturated rings. The van der Waals surface area contributed by atoms with Crippen LogP contribution in [0, 0.1) is 0 Å². The lowest BCUT2D eigenvalue weighted by Crippen LogP contribution is -2.49. The molecule has 2 amide bonds. The van der Waals surface area contributed by atoms with E-state index in [0.29, 0.717) is 36.3 Å². The van der Waals surface area contributed by atoms with Gasteiger partial charge in [0.1, 0.15) is 0 Å². The van der Waals surface area contributed by atoms with E-state index in [1.807, 2.05) is 0 Å². The summed E-state index contributed by atoms with van der Waals surface area (Å²) < 4.78 is 6.22. The highest BCUT2D eigenvalue weighted by atomic mass is 79.9. The van der Waals surface area contributed by atoms with E-state index >= 15 is 0 Å². The highest BCUT2D eigenvalue weighted by Gasteiger charge is 2.26. The zero-order valence-corrected chi connectivity index (χ0v) is 12.7. The first-order valence-electron chi connectivity index (χ1n) is 6.32. The summed E-state index contributed by atoms with van der Waals surface area (Å²) in [5, 5.41) is 2.70. The van der Waals surface area contributed by atoms with Gasteiger partial charge in [0.25, 0.3) is 5.91 Å². The van der Waals surface area contributed by atoms with Gasteiger partial charge in [0, 0.05) is 43.4 Å². The summed E-state index contributed by atoms with van der Waals surface area (Å²) in [5.74, 6) is -0.163. The average Bonchev–Trinajstić information content (AvgIpc) is 2.45.